The number of nitrogens with two attached hydrogens (primary N) is 1. The Morgan fingerprint density at radius 3 is 2.44 bits per heavy atom. The van der Waals surface area contributed by atoms with Crippen molar-refractivity contribution in [2.24, 2.45) is 28.9 Å². The predicted molar refractivity (Wildman–Crippen MR) is 315 cm³/mol. The van der Waals surface area contributed by atoms with E-state index in [4.69, 9.17) is 10.5 Å². The van der Waals surface area contributed by atoms with Crippen LogP contribution in [0.4, 0.5) is 0 Å². The van der Waals surface area contributed by atoms with Gasteiger partial charge >= 0.3 is 0 Å². The molecule has 0 saturated heterocycles. The summed E-state index contributed by atoms with van der Waals surface area (Å²) in [4.78, 5) is 29.1. The van der Waals surface area contributed by atoms with E-state index < -0.39 is 47.5 Å². The summed E-state index contributed by atoms with van der Waals surface area (Å²) in [5, 5.41) is 66.6. The van der Waals surface area contributed by atoms with Gasteiger partial charge in [0.25, 0.3) is 0 Å². The number of carbonyl (C=O) groups is 2. The van der Waals surface area contributed by atoms with Crippen molar-refractivity contribution in [3.05, 3.63) is 195 Å². The van der Waals surface area contributed by atoms with Crippen molar-refractivity contribution in [3.8, 4) is 17.6 Å². The van der Waals surface area contributed by atoms with Gasteiger partial charge in [-0.2, -0.15) is 0 Å². The minimum Gasteiger partial charge on any atom is -0.508 e. The number of nitrogens with one attached hydrogen (secondary N) is 2. The summed E-state index contributed by atoms with van der Waals surface area (Å²) in [6.07, 6.45) is 14.1. The fraction of sp³-hybridized carbons (Fsp3) is 0.449. The molecule has 0 unspecified atom stereocenters. The maximum absolute atomic E-state index is 15.1. The zero-order chi connectivity index (χ0) is 56.4. The summed E-state index contributed by atoms with van der Waals surface area (Å²) in [7, 11) is 0. The average Bonchev–Trinajstić information content (AvgIpc) is 3.89. The third kappa shape index (κ3) is 13.7. The fourth-order valence-corrected chi connectivity index (χ4v) is 13.9. The molecule has 2 bridgehead atoms. The van der Waals surface area contributed by atoms with Crippen LogP contribution in [0.25, 0.3) is 0 Å². The Bertz CT molecular complexity index is 3040. The van der Waals surface area contributed by atoms with Gasteiger partial charge in [0, 0.05) is 30.7 Å². The second-order valence-corrected chi connectivity index (χ2v) is 23.6. The van der Waals surface area contributed by atoms with Gasteiger partial charge in [0.05, 0.1) is 30.5 Å². The van der Waals surface area contributed by atoms with E-state index in [1.54, 1.807) is 12.1 Å². The van der Waals surface area contributed by atoms with E-state index in [2.05, 4.69) is 65.5 Å². The van der Waals surface area contributed by atoms with Gasteiger partial charge in [-0.05, 0) is 178 Å². The molecular formula is C69H83N3O8. The number of phenols is 1. The lowest BCUT2D eigenvalue weighted by molar-refractivity contribution is -0.168. The van der Waals surface area contributed by atoms with Crippen molar-refractivity contribution in [1.82, 2.24) is 10.6 Å². The van der Waals surface area contributed by atoms with Crippen LogP contribution in [0.15, 0.2) is 156 Å². The number of aliphatic hydroxyl groups is 4. The van der Waals surface area contributed by atoms with Crippen molar-refractivity contribution in [2.45, 2.75) is 153 Å². The van der Waals surface area contributed by atoms with Crippen LogP contribution in [-0.2, 0) is 46.4 Å². The maximum Gasteiger partial charge on any atom is 0.243 e. The smallest absolute Gasteiger partial charge is 0.243 e. The average molecular weight is 1080 g/mol. The van der Waals surface area contributed by atoms with Gasteiger partial charge in [-0.1, -0.05) is 144 Å². The number of aryl methyl sites for hydroxylation is 1. The molecule has 3 heterocycles. The minimum absolute atomic E-state index is 0.0301. The standard InChI is InChI=1S/C69H83N3O8/c1-45-14-9-19-48(21-11-20-47-16-5-4-6-17-47)18-7-8-37-80-44-53(25-10-15-45)58-34-36-69(65(58)77)60-32-31-56(74)41-51-23-12-22-50(38-51)40-54(39-49-27-29-55(73)30-28-49)62(76)43-71-64-63-52(24-13-26-59(63)66(70)72-67(64)78)42-61(75)46(2)57(60)33-35-68(69,3)79/h4-6,10,12-13,15-17,19,22-30,38,54,56,58,60,62,64-66,71,73-74,76-77,79H,1,9,11,14,18,20-21,31-37,39-44,70H2,2-3H3,(H,72,78)/b15-10+,48-19-,53-25-,57-46+/t54-,56-,58+,60+,62+,64+,65+,66+,68+,69+/m0/s1. The maximum atomic E-state index is 15.1. The van der Waals surface area contributed by atoms with E-state index >= 15 is 4.79 Å². The van der Waals surface area contributed by atoms with Crippen molar-refractivity contribution in [2.75, 3.05) is 19.8 Å². The lowest BCUT2D eigenvalue weighted by atomic mass is 9.52. The number of phenolic OH excluding ortho intramolecular Hbond substituents is 1. The fourth-order valence-electron chi connectivity index (χ4n) is 13.9. The SMILES string of the molecule is C=C1/C=C/C=C(\[C@H]2CC[C@@]3([C@@H]4CC[C@H](O)Cc5cccc(c5)C[C@H](Cc5ccc(O)cc5)[C@H](O)CN[C@H]5C(=O)N[C@@H](N)c6cccc(c65)CC(=O)/C(C)=C/4CC[C@@]3(C)O)[C@@H]2O)COCC#CC/C(CCCc2ccccc2)=C/CC1. The van der Waals surface area contributed by atoms with Crippen LogP contribution in [0.1, 0.15) is 136 Å². The Balaban J connectivity index is 1.02. The molecule has 9 N–H and O–H groups in total. The van der Waals surface area contributed by atoms with Gasteiger partial charge < -0.3 is 41.3 Å². The van der Waals surface area contributed by atoms with Crippen LogP contribution in [0.5, 0.6) is 5.75 Å². The quantitative estimate of drug-likeness (QED) is 0.0652. The summed E-state index contributed by atoms with van der Waals surface area (Å²) in [5.74, 6) is 5.12. The number of benzene rings is 4. The van der Waals surface area contributed by atoms with E-state index in [1.165, 1.54) is 11.1 Å². The molecule has 80 heavy (non-hydrogen) atoms. The topological polar surface area (TPSA) is 195 Å². The van der Waals surface area contributed by atoms with Gasteiger partial charge in [-0.15, -0.1) is 0 Å². The van der Waals surface area contributed by atoms with Crippen molar-refractivity contribution >= 4 is 11.7 Å². The third-order valence-corrected chi connectivity index (χ3v) is 18.3. The number of hydrogen-bond acceptors (Lipinski definition) is 10. The third-order valence-electron chi connectivity index (χ3n) is 18.3. The number of allylic oxidation sites excluding steroid dienone is 8. The number of carbonyl (C=O) groups excluding carboxylic acids is 2. The first-order chi connectivity index (χ1) is 38.6. The number of fused-ring (bicyclic) bond motifs is 4. The molecule has 4 aromatic carbocycles. The Kier molecular flexibility index (Phi) is 19.4. The van der Waals surface area contributed by atoms with Crippen molar-refractivity contribution in [3.63, 3.8) is 0 Å². The minimum atomic E-state index is -1.34. The molecule has 3 aliphatic heterocycles. The van der Waals surface area contributed by atoms with Crippen molar-refractivity contribution in [1.29, 1.82) is 0 Å². The Hall–Kier alpha value is -6.20. The highest BCUT2D eigenvalue weighted by Crippen LogP contribution is 2.63. The molecule has 5 aliphatic rings. The normalized spacial score (nSPS) is 32.0. The molecule has 11 nitrogen and oxygen atoms in total. The van der Waals surface area contributed by atoms with Gasteiger partial charge in [0.2, 0.25) is 5.91 Å². The molecule has 9 rings (SSSR count). The lowest BCUT2D eigenvalue weighted by Gasteiger charge is -2.56. The van der Waals surface area contributed by atoms with Gasteiger partial charge in [-0.25, -0.2) is 0 Å². The number of Topliss-reactive ketones (excluding diaryl/α,β-unsaturated/α-hetero) is 1. The second kappa shape index (κ2) is 26.6. The zero-order valence-corrected chi connectivity index (χ0v) is 46.8. The van der Waals surface area contributed by atoms with Crippen LogP contribution in [0, 0.1) is 35.0 Å². The zero-order valence-electron chi connectivity index (χ0n) is 46.8. The summed E-state index contributed by atoms with van der Waals surface area (Å²) in [5.41, 5.74) is 15.0. The number of ether oxygens (including phenoxy) is 1. The van der Waals surface area contributed by atoms with Crippen LogP contribution < -0.4 is 16.4 Å². The highest BCUT2D eigenvalue weighted by molar-refractivity contribution is 5.98. The first kappa shape index (κ1) is 58.5. The molecule has 10 atom stereocenters. The molecule has 0 aromatic heterocycles. The van der Waals surface area contributed by atoms with Crippen LogP contribution in [-0.4, -0.2) is 80.9 Å². The highest BCUT2D eigenvalue weighted by Gasteiger charge is 2.64. The molecule has 2 aliphatic carbocycles. The summed E-state index contributed by atoms with van der Waals surface area (Å²) in [6.45, 7) is 8.62. The molecular weight excluding hydrogens is 999 g/mol. The summed E-state index contributed by atoms with van der Waals surface area (Å²) in [6, 6.07) is 30.3. The van der Waals surface area contributed by atoms with E-state index in [1.807, 2.05) is 86.7 Å². The Morgan fingerprint density at radius 1 is 0.863 bits per heavy atom. The first-order valence-corrected chi connectivity index (χ1v) is 29.2. The molecule has 4 aromatic rings. The molecule has 0 radical (unpaired) electrons. The predicted octanol–water partition coefficient (Wildman–Crippen LogP) is 9.81. The first-order valence-electron chi connectivity index (χ1n) is 29.2. The van der Waals surface area contributed by atoms with Gasteiger partial charge in [-0.3, -0.25) is 14.9 Å². The van der Waals surface area contributed by atoms with E-state index in [-0.39, 0.29) is 55.5 Å². The number of rotatable bonds is 7. The second-order valence-electron chi connectivity index (χ2n) is 23.6. The number of aliphatic hydroxyl groups excluding tert-OH is 3. The Labute approximate surface area is 473 Å². The van der Waals surface area contributed by atoms with Gasteiger partial charge in [0.1, 0.15) is 24.6 Å². The molecule has 1 amide bonds. The van der Waals surface area contributed by atoms with Gasteiger partial charge in [0.15, 0.2) is 5.78 Å². The van der Waals surface area contributed by atoms with Crippen LogP contribution >= 0.6 is 0 Å². The number of aromatic hydroxyl groups is 1. The van der Waals surface area contributed by atoms with E-state index in [0.29, 0.717) is 86.5 Å². The molecule has 11 heteroatoms. The number of amides is 1. The summed E-state index contributed by atoms with van der Waals surface area (Å²) < 4.78 is 6.32. The lowest BCUT2D eigenvalue weighted by Crippen LogP contribution is -2.59. The number of ketones is 1. The van der Waals surface area contributed by atoms with Crippen molar-refractivity contribution < 1.29 is 39.9 Å². The Morgan fingerprint density at radius 2 is 1.64 bits per heavy atom. The summed E-state index contributed by atoms with van der Waals surface area (Å²) >= 11 is 0. The highest BCUT2D eigenvalue weighted by atomic mass is 16.5. The molecule has 422 valence electrons. The number of β-amino-alcohol motifs (C(OH)–C–C–N with tert-alkyl or cyclic N) is 1. The van der Waals surface area contributed by atoms with E-state index in [9.17, 15) is 30.3 Å². The molecule has 1 spiro atoms. The molecule has 2 fully saturated rings. The van der Waals surface area contributed by atoms with Crippen LogP contribution in [0.3, 0.4) is 0 Å². The van der Waals surface area contributed by atoms with E-state index in [0.717, 1.165) is 65.5 Å². The largest absolute Gasteiger partial charge is 0.508 e. The number of hydrogen-bond donors (Lipinski definition) is 8. The molecule has 2 saturated carbocycles. The van der Waals surface area contributed by atoms with Crippen LogP contribution in [0.2, 0.25) is 0 Å². The monoisotopic (exact) mass is 1080 g/mol.